The molecule has 1 saturated carbocycles. The Morgan fingerprint density at radius 1 is 0.373 bits per heavy atom. The predicted octanol–water partition coefficient (Wildman–Crippen LogP) is 19.7. The molecule has 0 saturated heterocycles. The number of rotatable bonds is 5. The van der Waals surface area contributed by atoms with E-state index in [-0.39, 0.29) is 50.2 Å². The van der Waals surface area contributed by atoms with Gasteiger partial charge in [0.15, 0.2) is 0 Å². The molecular formula is C79H90BN3. The van der Waals surface area contributed by atoms with Gasteiger partial charge < -0.3 is 14.7 Å². The zero-order valence-corrected chi connectivity index (χ0v) is 53.3. The summed E-state index contributed by atoms with van der Waals surface area (Å²) >= 11 is 0. The first-order valence-corrected chi connectivity index (χ1v) is 31.5. The van der Waals surface area contributed by atoms with Gasteiger partial charge in [0.25, 0.3) is 6.71 Å². The highest BCUT2D eigenvalue weighted by Crippen LogP contribution is 2.64. The van der Waals surface area contributed by atoms with Crippen molar-refractivity contribution in [1.29, 1.82) is 0 Å². The Kier molecular flexibility index (Phi) is 12.4. The molecule has 8 aromatic carbocycles. The number of hydrogen-bond acceptors (Lipinski definition) is 3. The average molecular weight is 1090 g/mol. The Labute approximate surface area is 499 Å². The topological polar surface area (TPSA) is 9.72 Å². The van der Waals surface area contributed by atoms with Gasteiger partial charge in [-0.25, -0.2) is 0 Å². The largest absolute Gasteiger partial charge is 0.334 e. The summed E-state index contributed by atoms with van der Waals surface area (Å²) in [5, 5.41) is 0. The maximum atomic E-state index is 2.82. The van der Waals surface area contributed by atoms with E-state index in [1.54, 1.807) is 0 Å². The lowest BCUT2D eigenvalue weighted by Crippen LogP contribution is -2.62. The van der Waals surface area contributed by atoms with Crippen molar-refractivity contribution < 1.29 is 0 Å². The van der Waals surface area contributed by atoms with Crippen LogP contribution in [0.3, 0.4) is 0 Å². The van der Waals surface area contributed by atoms with Gasteiger partial charge in [0.05, 0.1) is 11.2 Å². The van der Waals surface area contributed by atoms with Gasteiger partial charge in [-0.2, -0.15) is 0 Å². The number of hydrogen-bond donors (Lipinski definition) is 0. The fourth-order valence-corrected chi connectivity index (χ4v) is 16.0. The molecule has 83 heavy (non-hydrogen) atoms. The van der Waals surface area contributed by atoms with Gasteiger partial charge in [-0.15, -0.1) is 0 Å². The summed E-state index contributed by atoms with van der Waals surface area (Å²) < 4.78 is 0. The second-order valence-corrected chi connectivity index (χ2v) is 31.5. The van der Waals surface area contributed by atoms with Crippen LogP contribution in [0.15, 0.2) is 164 Å². The van der Waals surface area contributed by atoms with Crippen LogP contribution in [0.1, 0.15) is 201 Å². The molecule has 0 radical (unpaired) electrons. The number of benzene rings is 8. The van der Waals surface area contributed by atoms with E-state index >= 15 is 0 Å². The van der Waals surface area contributed by atoms with Gasteiger partial charge in [-0.1, -0.05) is 227 Å². The van der Waals surface area contributed by atoms with E-state index in [4.69, 9.17) is 0 Å². The number of anilines is 8. The van der Waals surface area contributed by atoms with E-state index in [0.717, 1.165) is 25.7 Å². The first-order valence-electron chi connectivity index (χ1n) is 31.5. The molecule has 5 aliphatic rings. The van der Waals surface area contributed by atoms with Crippen molar-refractivity contribution in [2.45, 2.75) is 200 Å². The van der Waals surface area contributed by atoms with Gasteiger partial charge in [0.2, 0.25) is 0 Å². The first-order chi connectivity index (χ1) is 39.0. The van der Waals surface area contributed by atoms with Gasteiger partial charge in [-0.05, 0) is 192 Å². The summed E-state index contributed by atoms with van der Waals surface area (Å²) in [5.74, 6) is 0. The standard InChI is InChI=1S/C79H90BN3/c1-72(2,3)52-29-31-54(32-30-52)79-42-24-23-41-78(79,17)83(66-28-22-21-27-60(66)79)58-38-39-63-67(48-58)81(57-36-33-53(34-37-57)73(4,5)6)69-46-56(75(10,11)12)47-70-71(69)80(63)64-49-61-62(77(15,16)44-43-76(61,13)14)50-68(64)82(70)65-40-35-55(74(7,8)9)45-59(65)51-25-19-18-20-26-51/h18-22,25-40,45-50H,23-24,41-44H2,1-17H3. The summed E-state index contributed by atoms with van der Waals surface area (Å²) in [6.45, 7) is 40.9. The highest BCUT2D eigenvalue weighted by atomic mass is 15.3. The molecular weight excluding hydrogens is 1000 g/mol. The fourth-order valence-electron chi connectivity index (χ4n) is 16.0. The lowest BCUT2D eigenvalue weighted by Gasteiger charge is -2.52. The number of para-hydroxylation sites is 1. The maximum Gasteiger partial charge on any atom is 0.252 e. The van der Waals surface area contributed by atoms with Crippen molar-refractivity contribution in [3.8, 4) is 11.1 Å². The van der Waals surface area contributed by atoms with E-state index in [1.807, 2.05) is 0 Å². The molecule has 8 aromatic rings. The van der Waals surface area contributed by atoms with E-state index < -0.39 is 0 Å². The van der Waals surface area contributed by atoms with Crippen LogP contribution >= 0.6 is 0 Å². The molecule has 2 aliphatic carbocycles. The molecule has 13 rings (SSSR count). The Balaban J connectivity index is 1.12. The Morgan fingerprint density at radius 2 is 0.904 bits per heavy atom. The third-order valence-corrected chi connectivity index (χ3v) is 21.1. The molecule has 0 bridgehead atoms. The van der Waals surface area contributed by atoms with E-state index in [2.05, 4.69) is 296 Å². The molecule has 0 amide bonds. The maximum absolute atomic E-state index is 2.82. The Hall–Kier alpha value is -6.78. The van der Waals surface area contributed by atoms with Crippen LogP contribution < -0.4 is 31.1 Å². The quantitative estimate of drug-likeness (QED) is 0.159. The number of fused-ring (bicyclic) bond motifs is 8. The number of nitrogens with zero attached hydrogens (tertiary/aromatic N) is 3. The molecule has 424 valence electrons. The van der Waals surface area contributed by atoms with Crippen LogP contribution in [0.25, 0.3) is 11.1 Å². The van der Waals surface area contributed by atoms with Crippen LogP contribution in [0.2, 0.25) is 0 Å². The van der Waals surface area contributed by atoms with Crippen molar-refractivity contribution in [2.75, 3.05) is 14.7 Å². The second-order valence-electron chi connectivity index (χ2n) is 31.5. The van der Waals surface area contributed by atoms with E-state index in [0.29, 0.717) is 0 Å². The van der Waals surface area contributed by atoms with Gasteiger partial charge in [0.1, 0.15) is 0 Å². The molecule has 0 aromatic heterocycles. The van der Waals surface area contributed by atoms with Gasteiger partial charge in [0, 0.05) is 50.8 Å². The summed E-state index contributed by atoms with van der Waals surface area (Å²) in [6.07, 6.45) is 6.93. The van der Waals surface area contributed by atoms with Crippen LogP contribution in [0.4, 0.5) is 45.5 Å². The lowest BCUT2D eigenvalue weighted by atomic mass is 9.33. The van der Waals surface area contributed by atoms with Crippen molar-refractivity contribution in [2.24, 2.45) is 0 Å². The first kappa shape index (κ1) is 55.4. The smallest absolute Gasteiger partial charge is 0.252 e. The summed E-state index contributed by atoms with van der Waals surface area (Å²) in [5.41, 5.74) is 27.5. The van der Waals surface area contributed by atoms with Crippen LogP contribution in [0, 0.1) is 0 Å². The lowest BCUT2D eigenvalue weighted by molar-refractivity contribution is 0.215. The zero-order valence-electron chi connectivity index (χ0n) is 53.3. The molecule has 2 unspecified atom stereocenters. The zero-order chi connectivity index (χ0) is 58.8. The Bertz CT molecular complexity index is 3870. The molecule has 2 atom stereocenters. The van der Waals surface area contributed by atoms with E-state index in [1.165, 1.54) is 130 Å². The average Bonchev–Trinajstić information content (AvgIpc) is 1.80. The second kappa shape index (κ2) is 18.6. The molecule has 4 heteroatoms. The minimum atomic E-state index is -0.223. The van der Waals surface area contributed by atoms with Crippen LogP contribution in [-0.4, -0.2) is 12.3 Å². The van der Waals surface area contributed by atoms with Crippen molar-refractivity contribution in [1.82, 2.24) is 0 Å². The molecule has 3 heterocycles. The summed E-state index contributed by atoms with van der Waals surface area (Å²) in [4.78, 5) is 8.23. The van der Waals surface area contributed by atoms with Crippen molar-refractivity contribution >= 4 is 68.6 Å². The molecule has 1 fully saturated rings. The monoisotopic (exact) mass is 1090 g/mol. The minimum absolute atomic E-state index is 0.00307. The SMILES string of the molecule is CC(C)(C)c1ccc(N2c3cc(N4c5ccccc5C5(c6ccc(C(C)(C)C)cc6)CCCCC45C)ccc3B3c4cc5c(cc4N(c4ccc(C(C)(C)C)cc4-c4ccccc4)c4cc(C(C)(C)C)cc2c43)C(C)(C)CCC5(C)C)cc1. The highest BCUT2D eigenvalue weighted by Gasteiger charge is 2.61. The summed E-state index contributed by atoms with van der Waals surface area (Å²) in [6, 6.07) is 65.8. The predicted molar refractivity (Wildman–Crippen MR) is 359 cm³/mol. The normalized spacial score (nSPS) is 20.5. The van der Waals surface area contributed by atoms with Crippen molar-refractivity contribution in [3.05, 3.63) is 208 Å². The third-order valence-electron chi connectivity index (χ3n) is 21.1. The van der Waals surface area contributed by atoms with Crippen LogP contribution in [-0.2, 0) is 37.9 Å². The van der Waals surface area contributed by atoms with Crippen LogP contribution in [0.5, 0.6) is 0 Å². The summed E-state index contributed by atoms with van der Waals surface area (Å²) in [7, 11) is 0. The molecule has 3 aliphatic heterocycles. The van der Waals surface area contributed by atoms with Crippen molar-refractivity contribution in [3.63, 3.8) is 0 Å². The third kappa shape index (κ3) is 8.55. The molecule has 0 spiro atoms. The molecule has 0 N–H and O–H groups in total. The van der Waals surface area contributed by atoms with E-state index in [9.17, 15) is 0 Å². The van der Waals surface area contributed by atoms with Gasteiger partial charge >= 0.3 is 0 Å². The molecule has 3 nitrogen and oxygen atoms in total. The highest BCUT2D eigenvalue weighted by molar-refractivity contribution is 7.00. The fraction of sp³-hybridized carbons (Fsp3) is 0.392. The van der Waals surface area contributed by atoms with Gasteiger partial charge in [-0.3, -0.25) is 0 Å². The Morgan fingerprint density at radius 3 is 1.53 bits per heavy atom. The minimum Gasteiger partial charge on any atom is -0.334 e.